The zero-order chi connectivity index (χ0) is 16.5. The number of anilines is 1. The first-order valence-electron chi connectivity index (χ1n) is 7.95. The lowest BCUT2D eigenvalue weighted by molar-refractivity contribution is 0.302. The van der Waals surface area contributed by atoms with Crippen molar-refractivity contribution < 1.29 is 4.74 Å². The van der Waals surface area contributed by atoms with Gasteiger partial charge in [-0.3, -0.25) is 0 Å². The van der Waals surface area contributed by atoms with Crippen LogP contribution in [0.3, 0.4) is 0 Å². The van der Waals surface area contributed by atoms with Crippen molar-refractivity contribution in [3.8, 4) is 11.8 Å². The molecule has 1 fully saturated rings. The number of rotatable bonds is 5. The van der Waals surface area contributed by atoms with Crippen molar-refractivity contribution in [1.82, 2.24) is 14.4 Å². The highest BCUT2D eigenvalue weighted by Crippen LogP contribution is 2.40. The molecular formula is C18H17N5O. The molecule has 1 saturated carbocycles. The average molecular weight is 319 g/mol. The van der Waals surface area contributed by atoms with Crippen molar-refractivity contribution >= 4 is 11.5 Å². The van der Waals surface area contributed by atoms with E-state index in [0.29, 0.717) is 23.7 Å². The van der Waals surface area contributed by atoms with Gasteiger partial charge < -0.3 is 14.5 Å². The Balaban J connectivity index is 1.59. The summed E-state index contributed by atoms with van der Waals surface area (Å²) in [6.07, 6.45) is 8.12. The fourth-order valence-electron chi connectivity index (χ4n) is 2.76. The van der Waals surface area contributed by atoms with Crippen LogP contribution in [0.4, 0.5) is 5.82 Å². The summed E-state index contributed by atoms with van der Waals surface area (Å²) < 4.78 is 7.73. The highest BCUT2D eigenvalue weighted by atomic mass is 16.5. The number of pyridine rings is 2. The molecule has 1 N–H and O–H groups in total. The molecular weight excluding hydrogens is 302 g/mol. The smallest absolute Gasteiger partial charge is 0.155 e. The fourth-order valence-corrected chi connectivity index (χ4v) is 2.76. The number of imidazole rings is 1. The largest absolute Gasteiger partial charge is 0.487 e. The van der Waals surface area contributed by atoms with E-state index in [1.54, 1.807) is 6.20 Å². The van der Waals surface area contributed by atoms with Crippen LogP contribution in [0.2, 0.25) is 0 Å². The normalized spacial score (nSPS) is 13.7. The second-order valence-corrected chi connectivity index (χ2v) is 5.95. The Morgan fingerprint density at radius 1 is 1.38 bits per heavy atom. The number of nitriles is 1. The Hall–Kier alpha value is -3.07. The Kier molecular flexibility index (Phi) is 3.54. The van der Waals surface area contributed by atoms with Gasteiger partial charge in [-0.25, -0.2) is 9.97 Å². The van der Waals surface area contributed by atoms with Crippen LogP contribution in [0.15, 0.2) is 36.8 Å². The third-order valence-corrected chi connectivity index (χ3v) is 4.17. The second kappa shape index (κ2) is 5.85. The second-order valence-electron chi connectivity index (χ2n) is 5.95. The number of fused-ring (bicyclic) bond motifs is 1. The van der Waals surface area contributed by atoms with E-state index in [4.69, 9.17) is 4.74 Å². The Morgan fingerprint density at radius 3 is 3.00 bits per heavy atom. The molecule has 0 atom stereocenters. The van der Waals surface area contributed by atoms with Crippen LogP contribution in [-0.2, 0) is 6.61 Å². The number of hydrogen-bond acceptors (Lipinski definition) is 5. The van der Waals surface area contributed by atoms with E-state index in [1.165, 1.54) is 18.4 Å². The number of ether oxygens (including phenoxy) is 1. The molecule has 6 heteroatoms. The SMILES string of the molecule is CNc1cc(OCc2cn3cc(C4CC4)cc(C#N)c3n2)ccn1. The Morgan fingerprint density at radius 2 is 2.25 bits per heavy atom. The molecule has 3 aromatic heterocycles. The van der Waals surface area contributed by atoms with Crippen molar-refractivity contribution in [2.45, 2.75) is 25.4 Å². The summed E-state index contributed by atoms with van der Waals surface area (Å²) in [5.74, 6) is 2.08. The van der Waals surface area contributed by atoms with Crippen molar-refractivity contribution in [3.05, 3.63) is 53.6 Å². The van der Waals surface area contributed by atoms with E-state index in [9.17, 15) is 5.26 Å². The van der Waals surface area contributed by atoms with Gasteiger partial charge in [0.15, 0.2) is 5.65 Å². The molecule has 0 saturated heterocycles. The van der Waals surface area contributed by atoms with Crippen molar-refractivity contribution in [2.75, 3.05) is 12.4 Å². The van der Waals surface area contributed by atoms with E-state index >= 15 is 0 Å². The van der Waals surface area contributed by atoms with Crippen LogP contribution in [0.25, 0.3) is 5.65 Å². The van der Waals surface area contributed by atoms with Crippen LogP contribution < -0.4 is 10.1 Å². The van der Waals surface area contributed by atoms with Gasteiger partial charge in [0.1, 0.15) is 24.2 Å². The van der Waals surface area contributed by atoms with Crippen LogP contribution in [0.5, 0.6) is 5.75 Å². The van der Waals surface area contributed by atoms with Gasteiger partial charge in [-0.2, -0.15) is 5.26 Å². The predicted molar refractivity (Wildman–Crippen MR) is 90.0 cm³/mol. The average Bonchev–Trinajstić information content (AvgIpc) is 3.39. The van der Waals surface area contributed by atoms with E-state index in [0.717, 1.165) is 17.3 Å². The van der Waals surface area contributed by atoms with Crippen LogP contribution in [0.1, 0.15) is 35.6 Å². The minimum absolute atomic E-state index is 0.346. The third kappa shape index (κ3) is 2.76. The number of nitrogens with one attached hydrogen (secondary N) is 1. The summed E-state index contributed by atoms with van der Waals surface area (Å²) in [4.78, 5) is 8.70. The first kappa shape index (κ1) is 14.5. The molecule has 1 aliphatic rings. The summed E-state index contributed by atoms with van der Waals surface area (Å²) in [6, 6.07) is 7.86. The van der Waals surface area contributed by atoms with E-state index in [1.807, 2.05) is 35.8 Å². The van der Waals surface area contributed by atoms with E-state index < -0.39 is 0 Å². The molecule has 0 spiro atoms. The lowest BCUT2D eigenvalue weighted by Gasteiger charge is -2.05. The summed E-state index contributed by atoms with van der Waals surface area (Å²) >= 11 is 0. The van der Waals surface area contributed by atoms with Crippen molar-refractivity contribution in [1.29, 1.82) is 5.26 Å². The van der Waals surface area contributed by atoms with Crippen molar-refractivity contribution in [3.63, 3.8) is 0 Å². The zero-order valence-electron chi connectivity index (χ0n) is 13.4. The van der Waals surface area contributed by atoms with Gasteiger partial charge in [0.2, 0.25) is 0 Å². The monoisotopic (exact) mass is 319 g/mol. The Bertz CT molecular complexity index is 936. The fraction of sp³-hybridized carbons (Fsp3) is 0.278. The summed E-state index contributed by atoms with van der Waals surface area (Å²) in [5.41, 5.74) is 3.32. The summed E-state index contributed by atoms with van der Waals surface area (Å²) in [6.45, 7) is 0.346. The quantitative estimate of drug-likeness (QED) is 0.782. The highest BCUT2D eigenvalue weighted by Gasteiger charge is 2.25. The minimum Gasteiger partial charge on any atom is -0.487 e. The molecule has 0 amide bonds. The van der Waals surface area contributed by atoms with E-state index in [2.05, 4.69) is 27.6 Å². The van der Waals surface area contributed by atoms with Crippen LogP contribution in [0, 0.1) is 11.3 Å². The lowest BCUT2D eigenvalue weighted by atomic mass is 10.1. The molecule has 120 valence electrons. The number of hydrogen-bond donors (Lipinski definition) is 1. The van der Waals surface area contributed by atoms with Gasteiger partial charge in [-0.15, -0.1) is 0 Å². The van der Waals surface area contributed by atoms with Gasteiger partial charge in [-0.1, -0.05) is 0 Å². The minimum atomic E-state index is 0.346. The maximum atomic E-state index is 9.39. The van der Waals surface area contributed by atoms with Crippen LogP contribution in [-0.4, -0.2) is 21.4 Å². The maximum absolute atomic E-state index is 9.39. The topological polar surface area (TPSA) is 75.2 Å². The van der Waals surface area contributed by atoms with E-state index in [-0.39, 0.29) is 0 Å². The highest BCUT2D eigenvalue weighted by molar-refractivity contribution is 5.57. The first-order chi connectivity index (χ1) is 11.8. The van der Waals surface area contributed by atoms with Gasteiger partial charge in [0, 0.05) is 31.7 Å². The van der Waals surface area contributed by atoms with Crippen LogP contribution >= 0.6 is 0 Å². The molecule has 6 nitrogen and oxygen atoms in total. The molecule has 0 aromatic carbocycles. The summed E-state index contributed by atoms with van der Waals surface area (Å²) in [7, 11) is 1.81. The van der Waals surface area contributed by atoms with Gasteiger partial charge >= 0.3 is 0 Å². The molecule has 0 radical (unpaired) electrons. The first-order valence-corrected chi connectivity index (χ1v) is 7.95. The molecule has 0 aliphatic heterocycles. The van der Waals surface area contributed by atoms with Gasteiger partial charge in [0.05, 0.1) is 11.3 Å². The zero-order valence-corrected chi connectivity index (χ0v) is 13.4. The standard InChI is InChI=1S/C18H17N5O/c1-20-17-7-16(4-5-21-17)24-11-15-10-23-9-14(12-2-3-12)6-13(8-19)18(23)22-15/h4-7,9-10,12H,2-3,11H2,1H3,(H,20,21). The molecule has 3 aromatic rings. The molecule has 0 unspecified atom stereocenters. The molecule has 0 bridgehead atoms. The molecule has 1 aliphatic carbocycles. The maximum Gasteiger partial charge on any atom is 0.155 e. The molecule has 3 heterocycles. The van der Waals surface area contributed by atoms with Gasteiger partial charge in [-0.05, 0) is 36.5 Å². The lowest BCUT2D eigenvalue weighted by Crippen LogP contribution is -1.97. The summed E-state index contributed by atoms with van der Waals surface area (Å²) in [5, 5.41) is 12.4. The number of aromatic nitrogens is 3. The third-order valence-electron chi connectivity index (χ3n) is 4.17. The van der Waals surface area contributed by atoms with Crippen molar-refractivity contribution in [2.24, 2.45) is 0 Å². The van der Waals surface area contributed by atoms with Gasteiger partial charge in [0.25, 0.3) is 0 Å². The Labute approximate surface area is 139 Å². The molecule has 4 rings (SSSR count). The predicted octanol–water partition coefficient (Wildman–Crippen LogP) is 3.10. The number of nitrogens with zero attached hydrogens (tertiary/aromatic N) is 4. The molecule has 24 heavy (non-hydrogen) atoms.